The molecule has 6 aromatic carbocycles. The van der Waals surface area contributed by atoms with Crippen LogP contribution in [0.15, 0.2) is 149 Å². The van der Waals surface area contributed by atoms with Gasteiger partial charge < -0.3 is 14.5 Å². The summed E-state index contributed by atoms with van der Waals surface area (Å²) in [5, 5.41) is 0. The molecule has 0 aromatic heterocycles. The Kier molecular flexibility index (Phi) is 4.93. The quantitative estimate of drug-likeness (QED) is 0.210. The van der Waals surface area contributed by atoms with Gasteiger partial charge in [0, 0.05) is 38.6 Å². The molecule has 5 heteroatoms. The molecular weight excluding hydrogens is 519 g/mol. The van der Waals surface area contributed by atoms with Crippen LogP contribution >= 0.6 is 11.8 Å². The molecule has 0 saturated carbocycles. The predicted octanol–water partition coefficient (Wildman–Crippen LogP) is 8.03. The Morgan fingerprint density at radius 2 is 1.22 bits per heavy atom. The van der Waals surface area contributed by atoms with E-state index in [2.05, 4.69) is 149 Å². The lowest BCUT2D eigenvalue weighted by molar-refractivity contribution is 0.487. The monoisotopic (exact) mass is 542 g/mol. The number of anilines is 6. The molecule has 6 aromatic rings. The zero-order valence-electron chi connectivity index (χ0n) is 22.1. The fraction of sp³-hybridized carbons (Fsp3) is 0. The summed E-state index contributed by atoms with van der Waals surface area (Å²) in [5.41, 5.74) is 10.8. The van der Waals surface area contributed by atoms with Crippen LogP contribution in [0.5, 0.6) is 11.5 Å². The van der Waals surface area contributed by atoms with Crippen molar-refractivity contribution in [1.29, 1.82) is 0 Å². The topological polar surface area (TPSA) is 15.7 Å². The van der Waals surface area contributed by atoms with E-state index in [1.807, 2.05) is 11.8 Å². The second-order valence-corrected chi connectivity index (χ2v) is 11.6. The van der Waals surface area contributed by atoms with E-state index >= 15 is 0 Å². The van der Waals surface area contributed by atoms with Crippen molar-refractivity contribution in [1.82, 2.24) is 0 Å². The smallest absolute Gasteiger partial charge is 0.256 e. The first-order chi connectivity index (χ1) is 20.3. The van der Waals surface area contributed by atoms with E-state index < -0.39 is 0 Å². The summed E-state index contributed by atoms with van der Waals surface area (Å²) in [4.78, 5) is 7.28. The highest BCUT2D eigenvalue weighted by molar-refractivity contribution is 7.99. The summed E-state index contributed by atoms with van der Waals surface area (Å²) in [6.07, 6.45) is 0. The fourth-order valence-corrected chi connectivity index (χ4v) is 7.67. The number of hydrogen-bond acceptors (Lipinski definition) is 4. The Morgan fingerprint density at radius 3 is 2.00 bits per heavy atom. The van der Waals surface area contributed by atoms with Gasteiger partial charge in [0.25, 0.3) is 6.71 Å². The molecule has 0 unspecified atom stereocenters. The van der Waals surface area contributed by atoms with E-state index in [0.29, 0.717) is 0 Å². The molecule has 0 saturated heterocycles. The normalized spacial score (nSPS) is 13.4. The highest BCUT2D eigenvalue weighted by Crippen LogP contribution is 2.53. The SMILES string of the molecule is c1ccc(N(c2ccccc2)c2ccc3c(c2)Oc2ccc4c5c2B3c2ccccc2N5c2ccccc2S4)cc1. The number of hydrogen-bond donors (Lipinski definition) is 0. The van der Waals surface area contributed by atoms with Gasteiger partial charge in [0.1, 0.15) is 11.5 Å². The number of rotatable bonds is 3. The lowest BCUT2D eigenvalue weighted by Gasteiger charge is -2.43. The van der Waals surface area contributed by atoms with Gasteiger partial charge in [0.05, 0.1) is 11.4 Å². The largest absolute Gasteiger partial charge is 0.458 e. The summed E-state index contributed by atoms with van der Waals surface area (Å²) in [7, 11) is 0. The van der Waals surface area contributed by atoms with Gasteiger partial charge in [-0.15, -0.1) is 0 Å². The molecule has 192 valence electrons. The first kappa shape index (κ1) is 22.9. The van der Waals surface area contributed by atoms with Crippen molar-refractivity contribution in [3.05, 3.63) is 140 Å². The molecule has 0 spiro atoms. The fourth-order valence-electron chi connectivity index (χ4n) is 6.59. The summed E-state index contributed by atoms with van der Waals surface area (Å²) in [5.74, 6) is 1.84. The lowest BCUT2D eigenvalue weighted by atomic mass is 9.34. The standard InChI is InChI=1S/C36H23BN2OS/c1-3-11-24(12-4-1)38(25-13-5-2-6-14-25)26-19-20-28-32(23-26)40-31-21-22-34-36-35(31)37(28)27-15-7-8-16-29(27)39(36)30-17-9-10-18-33(30)41-34/h1-23H. The summed E-state index contributed by atoms with van der Waals surface area (Å²) < 4.78 is 6.80. The molecule has 41 heavy (non-hydrogen) atoms. The zero-order chi connectivity index (χ0) is 26.9. The molecule has 0 bridgehead atoms. The van der Waals surface area contributed by atoms with Crippen LogP contribution in [-0.2, 0) is 0 Å². The minimum Gasteiger partial charge on any atom is -0.458 e. The van der Waals surface area contributed by atoms with Crippen LogP contribution in [0.25, 0.3) is 0 Å². The molecule has 0 N–H and O–H groups in total. The summed E-state index contributed by atoms with van der Waals surface area (Å²) >= 11 is 1.85. The number of nitrogens with zero attached hydrogens (tertiary/aromatic N) is 2. The Morgan fingerprint density at radius 1 is 0.537 bits per heavy atom. The van der Waals surface area contributed by atoms with Crippen molar-refractivity contribution in [3.63, 3.8) is 0 Å². The van der Waals surface area contributed by atoms with Crippen LogP contribution in [0.3, 0.4) is 0 Å². The second-order valence-electron chi connectivity index (χ2n) is 10.6. The van der Waals surface area contributed by atoms with Gasteiger partial charge in [-0.3, -0.25) is 0 Å². The van der Waals surface area contributed by atoms with Crippen molar-refractivity contribution in [2.45, 2.75) is 9.79 Å². The van der Waals surface area contributed by atoms with E-state index in [0.717, 1.165) is 28.6 Å². The average molecular weight is 542 g/mol. The van der Waals surface area contributed by atoms with Crippen LogP contribution in [0.2, 0.25) is 0 Å². The van der Waals surface area contributed by atoms with Crippen molar-refractivity contribution in [3.8, 4) is 11.5 Å². The molecule has 3 nitrogen and oxygen atoms in total. The van der Waals surface area contributed by atoms with Crippen molar-refractivity contribution in [2.75, 3.05) is 9.80 Å². The lowest BCUT2D eigenvalue weighted by Crippen LogP contribution is -2.59. The first-order valence-electron chi connectivity index (χ1n) is 13.9. The van der Waals surface area contributed by atoms with Crippen LogP contribution < -0.4 is 30.9 Å². The zero-order valence-corrected chi connectivity index (χ0v) is 22.9. The van der Waals surface area contributed by atoms with Gasteiger partial charge in [-0.1, -0.05) is 84.6 Å². The van der Waals surface area contributed by atoms with Gasteiger partial charge in [0.15, 0.2) is 0 Å². The van der Waals surface area contributed by atoms with Crippen LogP contribution in [0.4, 0.5) is 34.1 Å². The Labute approximate surface area is 243 Å². The molecule has 0 fully saturated rings. The van der Waals surface area contributed by atoms with Gasteiger partial charge >= 0.3 is 0 Å². The maximum Gasteiger partial charge on any atom is 0.256 e. The maximum absolute atomic E-state index is 6.80. The van der Waals surface area contributed by atoms with Gasteiger partial charge in [-0.25, -0.2) is 0 Å². The molecule has 9 rings (SSSR count). The van der Waals surface area contributed by atoms with Crippen LogP contribution in [0, 0.1) is 0 Å². The molecule has 3 heterocycles. The third-order valence-corrected chi connectivity index (χ3v) is 9.40. The number of ether oxygens (including phenoxy) is 1. The second kappa shape index (κ2) is 8.82. The van der Waals surface area contributed by atoms with Crippen molar-refractivity contribution >= 4 is 69.0 Å². The van der Waals surface area contributed by atoms with Gasteiger partial charge in [0.2, 0.25) is 0 Å². The summed E-state index contributed by atoms with van der Waals surface area (Å²) in [6, 6.07) is 49.7. The Bertz CT molecular complexity index is 1940. The molecular formula is C36H23BN2OS. The van der Waals surface area contributed by atoms with Gasteiger partial charge in [-0.05, 0) is 77.1 Å². The van der Waals surface area contributed by atoms with Crippen molar-refractivity contribution in [2.24, 2.45) is 0 Å². The highest BCUT2D eigenvalue weighted by Gasteiger charge is 2.44. The minimum absolute atomic E-state index is 0.0953. The molecule has 0 atom stereocenters. The first-order valence-corrected chi connectivity index (χ1v) is 14.7. The maximum atomic E-state index is 6.80. The molecule has 0 aliphatic carbocycles. The third-order valence-electron chi connectivity index (χ3n) is 8.28. The Hall–Kier alpha value is -4.87. The number of para-hydroxylation sites is 4. The number of benzene rings is 6. The number of fused-ring (bicyclic) bond motifs is 7. The van der Waals surface area contributed by atoms with E-state index in [1.165, 1.54) is 43.2 Å². The minimum atomic E-state index is 0.0953. The van der Waals surface area contributed by atoms with Gasteiger partial charge in [-0.2, -0.15) is 0 Å². The van der Waals surface area contributed by atoms with E-state index in [4.69, 9.17) is 4.74 Å². The summed E-state index contributed by atoms with van der Waals surface area (Å²) in [6.45, 7) is 0.0953. The molecule has 0 radical (unpaired) electrons. The van der Waals surface area contributed by atoms with Crippen LogP contribution in [0.1, 0.15) is 0 Å². The molecule has 0 amide bonds. The third kappa shape index (κ3) is 3.36. The predicted molar refractivity (Wildman–Crippen MR) is 171 cm³/mol. The van der Waals surface area contributed by atoms with Crippen LogP contribution in [-0.4, -0.2) is 6.71 Å². The highest BCUT2D eigenvalue weighted by atomic mass is 32.2. The van der Waals surface area contributed by atoms with Crippen molar-refractivity contribution < 1.29 is 4.74 Å². The van der Waals surface area contributed by atoms with E-state index in [1.54, 1.807) is 0 Å². The van der Waals surface area contributed by atoms with E-state index in [-0.39, 0.29) is 6.71 Å². The average Bonchev–Trinajstić information content (AvgIpc) is 3.04. The molecule has 3 aliphatic heterocycles. The Balaban J connectivity index is 1.25. The molecule has 3 aliphatic rings. The van der Waals surface area contributed by atoms with E-state index in [9.17, 15) is 0 Å².